The second-order valence-electron chi connectivity index (χ2n) is 5.53. The first-order chi connectivity index (χ1) is 11.6. The Morgan fingerprint density at radius 2 is 1.88 bits per heavy atom. The van der Waals surface area contributed by atoms with Crippen LogP contribution in [0.25, 0.3) is 0 Å². The molecule has 1 unspecified atom stereocenters. The number of pyridine rings is 2. The van der Waals surface area contributed by atoms with Crippen molar-refractivity contribution in [2.75, 3.05) is 0 Å². The van der Waals surface area contributed by atoms with Gasteiger partial charge in [-0.1, -0.05) is 21.9 Å². The second-order valence-corrected chi connectivity index (χ2v) is 7.82. The van der Waals surface area contributed by atoms with E-state index in [1.165, 1.54) is 0 Å². The molecule has 1 fully saturated rings. The van der Waals surface area contributed by atoms with Crippen LogP contribution in [0.15, 0.2) is 41.1 Å². The minimum atomic E-state index is 0.155. The maximum absolute atomic E-state index is 5.89. The molecule has 1 atom stereocenters. The summed E-state index contributed by atoms with van der Waals surface area (Å²) >= 11 is 6.74. The van der Waals surface area contributed by atoms with Crippen LogP contribution in [0.2, 0.25) is 0 Å². The van der Waals surface area contributed by atoms with E-state index in [0.29, 0.717) is 5.88 Å². The first-order valence-corrected chi connectivity index (χ1v) is 9.36. The van der Waals surface area contributed by atoms with Gasteiger partial charge in [0.25, 0.3) is 0 Å². The summed E-state index contributed by atoms with van der Waals surface area (Å²) in [7, 11) is 0. The molecule has 6 heteroatoms. The van der Waals surface area contributed by atoms with Gasteiger partial charge in [0.15, 0.2) is 0 Å². The van der Waals surface area contributed by atoms with Crippen molar-refractivity contribution in [3.05, 3.63) is 46.8 Å². The smallest absolute Gasteiger partial charge is 0.213 e. The van der Waals surface area contributed by atoms with Crippen LogP contribution in [0, 0.1) is 11.8 Å². The Morgan fingerprint density at radius 3 is 2.50 bits per heavy atom. The Bertz CT molecular complexity index is 730. The molecule has 2 heterocycles. The molecule has 1 aliphatic rings. The SMILES string of the molecule is CC(Br)C#Cc1ccc(OC2CC(Oc3ccc(Br)cn3)C2)cn1. The third-order valence-electron chi connectivity index (χ3n) is 3.48. The van der Waals surface area contributed by atoms with E-state index < -0.39 is 0 Å². The van der Waals surface area contributed by atoms with E-state index in [1.807, 2.05) is 31.2 Å². The van der Waals surface area contributed by atoms with Gasteiger partial charge in [-0.3, -0.25) is 0 Å². The van der Waals surface area contributed by atoms with Crippen LogP contribution < -0.4 is 9.47 Å². The summed E-state index contributed by atoms with van der Waals surface area (Å²) in [5, 5.41) is 0. The van der Waals surface area contributed by atoms with E-state index in [-0.39, 0.29) is 17.0 Å². The van der Waals surface area contributed by atoms with E-state index in [4.69, 9.17) is 9.47 Å². The predicted octanol–water partition coefficient (Wildman–Crippen LogP) is 4.36. The molecule has 0 saturated heterocycles. The zero-order valence-electron chi connectivity index (χ0n) is 13.1. The summed E-state index contributed by atoms with van der Waals surface area (Å²) in [5.41, 5.74) is 0.741. The van der Waals surface area contributed by atoms with Crippen molar-refractivity contribution in [1.29, 1.82) is 0 Å². The van der Waals surface area contributed by atoms with Gasteiger partial charge in [-0.15, -0.1) is 0 Å². The van der Waals surface area contributed by atoms with Crippen LogP contribution in [0.4, 0.5) is 0 Å². The molecule has 0 aliphatic heterocycles. The third kappa shape index (κ3) is 4.96. The third-order valence-corrected chi connectivity index (χ3v) is 4.18. The van der Waals surface area contributed by atoms with E-state index in [0.717, 1.165) is 28.8 Å². The fourth-order valence-corrected chi connectivity index (χ4v) is 2.55. The van der Waals surface area contributed by atoms with Crippen molar-refractivity contribution < 1.29 is 9.47 Å². The van der Waals surface area contributed by atoms with Gasteiger partial charge in [0.1, 0.15) is 23.7 Å². The lowest BCUT2D eigenvalue weighted by molar-refractivity contribution is 0.00207. The Kier molecular flexibility index (Phi) is 5.75. The van der Waals surface area contributed by atoms with Gasteiger partial charge in [0.05, 0.1) is 11.0 Å². The van der Waals surface area contributed by atoms with Crippen molar-refractivity contribution in [3.63, 3.8) is 0 Å². The minimum absolute atomic E-state index is 0.155. The Hall–Kier alpha value is -1.58. The molecule has 0 radical (unpaired) electrons. The minimum Gasteiger partial charge on any atom is -0.489 e. The monoisotopic (exact) mass is 450 g/mol. The van der Waals surface area contributed by atoms with Crippen molar-refractivity contribution in [2.24, 2.45) is 0 Å². The topological polar surface area (TPSA) is 44.2 Å². The molecule has 0 spiro atoms. The molecule has 1 aliphatic carbocycles. The number of hydrogen-bond donors (Lipinski definition) is 0. The molecule has 124 valence electrons. The first kappa shape index (κ1) is 17.2. The molecular weight excluding hydrogens is 436 g/mol. The highest BCUT2D eigenvalue weighted by molar-refractivity contribution is 9.10. The van der Waals surface area contributed by atoms with Gasteiger partial charge in [-0.2, -0.15) is 0 Å². The van der Waals surface area contributed by atoms with Crippen molar-refractivity contribution in [1.82, 2.24) is 9.97 Å². The van der Waals surface area contributed by atoms with E-state index in [1.54, 1.807) is 12.4 Å². The Labute approximate surface area is 158 Å². The maximum atomic E-state index is 5.89. The standard InChI is InChI=1S/C18H16Br2N2O2/c1-12(19)2-4-14-5-6-15(11-21-14)23-16-8-17(9-16)24-18-7-3-13(20)10-22-18/h3,5-7,10-12,16-17H,8-9H2,1H3. The largest absolute Gasteiger partial charge is 0.489 e. The first-order valence-electron chi connectivity index (χ1n) is 7.65. The van der Waals surface area contributed by atoms with Crippen LogP contribution in [0.5, 0.6) is 11.6 Å². The summed E-state index contributed by atoms with van der Waals surface area (Å²) in [6.45, 7) is 1.98. The average molecular weight is 452 g/mol. The quantitative estimate of drug-likeness (QED) is 0.511. The molecule has 0 N–H and O–H groups in total. The molecule has 4 nitrogen and oxygen atoms in total. The second kappa shape index (κ2) is 8.00. The van der Waals surface area contributed by atoms with Crippen LogP contribution >= 0.6 is 31.9 Å². The van der Waals surface area contributed by atoms with Crippen molar-refractivity contribution in [3.8, 4) is 23.5 Å². The molecule has 0 amide bonds. The lowest BCUT2D eigenvalue weighted by Gasteiger charge is -2.34. The average Bonchev–Trinajstić information content (AvgIpc) is 2.54. The van der Waals surface area contributed by atoms with Gasteiger partial charge in [0, 0.05) is 29.6 Å². The number of ether oxygens (including phenoxy) is 2. The number of rotatable bonds is 4. The van der Waals surface area contributed by atoms with Crippen molar-refractivity contribution in [2.45, 2.75) is 36.8 Å². The maximum Gasteiger partial charge on any atom is 0.213 e. The van der Waals surface area contributed by atoms with Crippen LogP contribution in [0.1, 0.15) is 25.5 Å². The number of halogens is 2. The highest BCUT2D eigenvalue weighted by Crippen LogP contribution is 2.29. The lowest BCUT2D eigenvalue weighted by atomic mass is 9.92. The number of alkyl halides is 1. The van der Waals surface area contributed by atoms with Crippen molar-refractivity contribution >= 4 is 31.9 Å². The van der Waals surface area contributed by atoms with Crippen LogP contribution in [-0.2, 0) is 0 Å². The van der Waals surface area contributed by atoms with Gasteiger partial charge in [-0.05, 0) is 47.0 Å². The van der Waals surface area contributed by atoms with Gasteiger partial charge in [-0.25, -0.2) is 9.97 Å². The lowest BCUT2D eigenvalue weighted by Crippen LogP contribution is -2.41. The highest BCUT2D eigenvalue weighted by atomic mass is 79.9. The predicted molar refractivity (Wildman–Crippen MR) is 99.5 cm³/mol. The molecule has 2 aromatic heterocycles. The molecule has 24 heavy (non-hydrogen) atoms. The zero-order valence-corrected chi connectivity index (χ0v) is 16.2. The highest BCUT2D eigenvalue weighted by Gasteiger charge is 2.33. The molecular formula is C18H16Br2N2O2. The summed E-state index contributed by atoms with van der Waals surface area (Å²) in [6, 6.07) is 7.55. The number of hydrogen-bond acceptors (Lipinski definition) is 4. The van der Waals surface area contributed by atoms with Crippen LogP contribution in [-0.4, -0.2) is 27.0 Å². The Balaban J connectivity index is 1.45. The van der Waals surface area contributed by atoms with Gasteiger partial charge < -0.3 is 9.47 Å². The fourth-order valence-electron chi connectivity index (χ4n) is 2.20. The van der Waals surface area contributed by atoms with E-state index in [9.17, 15) is 0 Å². The van der Waals surface area contributed by atoms with Gasteiger partial charge in [0.2, 0.25) is 5.88 Å². The number of nitrogens with zero attached hydrogens (tertiary/aromatic N) is 2. The molecule has 0 bridgehead atoms. The molecule has 1 saturated carbocycles. The molecule has 3 rings (SSSR count). The fraction of sp³-hybridized carbons (Fsp3) is 0.333. The summed E-state index contributed by atoms with van der Waals surface area (Å²) in [6.07, 6.45) is 5.46. The molecule has 2 aromatic rings. The molecule has 0 aromatic carbocycles. The zero-order chi connectivity index (χ0) is 16.9. The van der Waals surface area contributed by atoms with E-state index >= 15 is 0 Å². The Morgan fingerprint density at radius 1 is 1.08 bits per heavy atom. The normalized spacial score (nSPS) is 20.3. The summed E-state index contributed by atoms with van der Waals surface area (Å²) in [5.74, 6) is 7.42. The number of aromatic nitrogens is 2. The summed E-state index contributed by atoms with van der Waals surface area (Å²) < 4.78 is 12.6. The van der Waals surface area contributed by atoms with Gasteiger partial charge >= 0.3 is 0 Å². The summed E-state index contributed by atoms with van der Waals surface area (Å²) in [4.78, 5) is 8.66. The van der Waals surface area contributed by atoms with E-state index in [2.05, 4.69) is 53.7 Å². The van der Waals surface area contributed by atoms with Crippen LogP contribution in [0.3, 0.4) is 0 Å².